The first-order valence-electron chi connectivity index (χ1n) is 11.2. The van der Waals surface area contributed by atoms with Crippen molar-refractivity contribution in [3.05, 3.63) is 93.8 Å². The lowest BCUT2D eigenvalue weighted by atomic mass is 10.1. The summed E-state index contributed by atoms with van der Waals surface area (Å²) in [6, 6.07) is 19.4. The molecule has 0 bridgehead atoms. The van der Waals surface area contributed by atoms with Crippen LogP contribution in [-0.2, 0) is 6.54 Å². The van der Waals surface area contributed by atoms with Gasteiger partial charge in [-0.25, -0.2) is 4.39 Å². The SMILES string of the molecule is O=C(NCc1cccc(F)c1)c1nnc(N2CCN(c3ccc(Cl)c(Cl)c3)CC2)c2ccccc12. The van der Waals surface area contributed by atoms with Gasteiger partial charge in [-0.05, 0) is 35.9 Å². The molecule has 1 aromatic heterocycles. The van der Waals surface area contributed by atoms with Gasteiger partial charge in [0, 0.05) is 49.2 Å². The number of nitrogens with zero attached hydrogens (tertiary/aromatic N) is 4. The molecule has 1 aliphatic rings. The number of rotatable bonds is 5. The van der Waals surface area contributed by atoms with Crippen LogP contribution >= 0.6 is 23.2 Å². The number of hydrogen-bond donors (Lipinski definition) is 1. The molecule has 4 aromatic rings. The Labute approximate surface area is 212 Å². The molecule has 0 unspecified atom stereocenters. The Morgan fingerprint density at radius 3 is 2.34 bits per heavy atom. The van der Waals surface area contributed by atoms with Crippen molar-refractivity contribution in [3.8, 4) is 0 Å². The van der Waals surface area contributed by atoms with Gasteiger partial charge >= 0.3 is 0 Å². The van der Waals surface area contributed by atoms with E-state index < -0.39 is 0 Å². The average molecular weight is 510 g/mol. The second kappa shape index (κ2) is 10.1. The van der Waals surface area contributed by atoms with Gasteiger partial charge < -0.3 is 15.1 Å². The molecular weight excluding hydrogens is 488 g/mol. The highest BCUT2D eigenvalue weighted by molar-refractivity contribution is 6.42. The molecule has 0 saturated carbocycles. The summed E-state index contributed by atoms with van der Waals surface area (Å²) in [4.78, 5) is 17.3. The Kier molecular flexibility index (Phi) is 6.70. The molecular formula is C26H22Cl2FN5O. The van der Waals surface area contributed by atoms with Crippen LogP contribution in [0.4, 0.5) is 15.9 Å². The Balaban J connectivity index is 1.33. The zero-order chi connectivity index (χ0) is 24.4. The summed E-state index contributed by atoms with van der Waals surface area (Å²) >= 11 is 12.2. The maximum absolute atomic E-state index is 13.4. The molecule has 35 heavy (non-hydrogen) atoms. The fraction of sp³-hybridized carbons (Fsp3) is 0.192. The molecule has 3 aromatic carbocycles. The van der Waals surface area contributed by atoms with Gasteiger partial charge in [-0.15, -0.1) is 10.2 Å². The Bertz CT molecular complexity index is 1390. The van der Waals surface area contributed by atoms with E-state index in [1.807, 2.05) is 42.5 Å². The average Bonchev–Trinajstić information content (AvgIpc) is 2.88. The van der Waals surface area contributed by atoms with Crippen molar-refractivity contribution in [2.45, 2.75) is 6.54 Å². The highest BCUT2D eigenvalue weighted by Gasteiger charge is 2.23. The van der Waals surface area contributed by atoms with Crippen molar-refractivity contribution in [2.24, 2.45) is 0 Å². The van der Waals surface area contributed by atoms with Gasteiger partial charge in [0.2, 0.25) is 0 Å². The first kappa shape index (κ1) is 23.3. The van der Waals surface area contributed by atoms with Crippen LogP contribution in [-0.4, -0.2) is 42.3 Å². The van der Waals surface area contributed by atoms with Crippen LogP contribution < -0.4 is 15.1 Å². The van der Waals surface area contributed by atoms with Crippen LogP contribution in [0.1, 0.15) is 16.1 Å². The first-order chi connectivity index (χ1) is 17.0. The zero-order valence-electron chi connectivity index (χ0n) is 18.7. The van der Waals surface area contributed by atoms with Crippen LogP contribution in [0.15, 0.2) is 66.7 Å². The van der Waals surface area contributed by atoms with Crippen molar-refractivity contribution < 1.29 is 9.18 Å². The summed E-state index contributed by atoms with van der Waals surface area (Å²) in [5.41, 5.74) is 1.95. The van der Waals surface area contributed by atoms with Gasteiger partial charge in [0.15, 0.2) is 11.5 Å². The van der Waals surface area contributed by atoms with Crippen molar-refractivity contribution in [3.63, 3.8) is 0 Å². The van der Waals surface area contributed by atoms with Crippen molar-refractivity contribution >= 4 is 51.4 Å². The lowest BCUT2D eigenvalue weighted by Gasteiger charge is -2.37. The molecule has 6 nitrogen and oxygen atoms in total. The molecule has 0 aliphatic carbocycles. The number of nitrogens with one attached hydrogen (secondary N) is 1. The summed E-state index contributed by atoms with van der Waals surface area (Å²) in [5, 5.41) is 14.2. The number of piperazine rings is 1. The minimum atomic E-state index is -0.353. The lowest BCUT2D eigenvalue weighted by Crippen LogP contribution is -2.47. The summed E-state index contributed by atoms with van der Waals surface area (Å²) < 4.78 is 13.4. The van der Waals surface area contributed by atoms with E-state index in [-0.39, 0.29) is 24.0 Å². The molecule has 1 aliphatic heterocycles. The number of hydrogen-bond acceptors (Lipinski definition) is 5. The quantitative estimate of drug-likeness (QED) is 0.393. The van der Waals surface area contributed by atoms with E-state index in [0.29, 0.717) is 15.6 Å². The van der Waals surface area contributed by atoms with Crippen LogP contribution in [0.2, 0.25) is 10.0 Å². The van der Waals surface area contributed by atoms with Crippen molar-refractivity contribution in [2.75, 3.05) is 36.0 Å². The van der Waals surface area contributed by atoms with E-state index in [1.165, 1.54) is 12.1 Å². The second-order valence-corrected chi connectivity index (χ2v) is 9.12. The van der Waals surface area contributed by atoms with Crippen molar-refractivity contribution in [1.82, 2.24) is 15.5 Å². The predicted octanol–water partition coefficient (Wildman–Crippen LogP) is 5.33. The molecule has 1 fully saturated rings. The van der Waals surface area contributed by atoms with E-state index >= 15 is 0 Å². The lowest BCUT2D eigenvalue weighted by molar-refractivity contribution is 0.0946. The zero-order valence-corrected chi connectivity index (χ0v) is 20.2. The summed E-state index contributed by atoms with van der Waals surface area (Å²) in [7, 11) is 0. The van der Waals surface area contributed by atoms with Crippen LogP contribution in [0, 0.1) is 5.82 Å². The summed E-state index contributed by atoms with van der Waals surface area (Å²) in [5.74, 6) is 0.0515. The molecule has 1 amide bonds. The van der Waals surface area contributed by atoms with Crippen molar-refractivity contribution in [1.29, 1.82) is 0 Å². The normalized spacial score (nSPS) is 13.8. The Hall–Kier alpha value is -3.42. The predicted molar refractivity (Wildman–Crippen MR) is 138 cm³/mol. The van der Waals surface area contributed by atoms with Gasteiger partial charge in [-0.1, -0.05) is 59.6 Å². The second-order valence-electron chi connectivity index (χ2n) is 8.30. The van der Waals surface area contributed by atoms with Gasteiger partial charge in [0.05, 0.1) is 10.0 Å². The Morgan fingerprint density at radius 1 is 0.857 bits per heavy atom. The van der Waals surface area contributed by atoms with E-state index in [0.717, 1.165) is 48.5 Å². The van der Waals surface area contributed by atoms with E-state index in [9.17, 15) is 9.18 Å². The molecule has 9 heteroatoms. The molecule has 0 spiro atoms. The number of fused-ring (bicyclic) bond motifs is 1. The molecule has 1 N–H and O–H groups in total. The van der Waals surface area contributed by atoms with Crippen LogP contribution in [0.25, 0.3) is 10.8 Å². The van der Waals surface area contributed by atoms with E-state index in [2.05, 4.69) is 25.3 Å². The minimum absolute atomic E-state index is 0.199. The number of aromatic nitrogens is 2. The van der Waals surface area contributed by atoms with Crippen LogP contribution in [0.3, 0.4) is 0 Å². The maximum Gasteiger partial charge on any atom is 0.272 e. The largest absolute Gasteiger partial charge is 0.368 e. The third kappa shape index (κ3) is 5.01. The molecule has 178 valence electrons. The number of carbonyl (C=O) groups is 1. The molecule has 2 heterocycles. The third-order valence-electron chi connectivity index (χ3n) is 6.07. The number of amides is 1. The van der Waals surface area contributed by atoms with Gasteiger partial charge in [-0.2, -0.15) is 0 Å². The highest BCUT2D eigenvalue weighted by Crippen LogP contribution is 2.30. The fourth-order valence-electron chi connectivity index (χ4n) is 4.26. The van der Waals surface area contributed by atoms with E-state index in [1.54, 1.807) is 12.1 Å². The highest BCUT2D eigenvalue weighted by atomic mass is 35.5. The molecule has 0 atom stereocenters. The molecule has 5 rings (SSSR count). The van der Waals surface area contributed by atoms with E-state index in [4.69, 9.17) is 23.2 Å². The first-order valence-corrected chi connectivity index (χ1v) is 12.0. The minimum Gasteiger partial charge on any atom is -0.368 e. The smallest absolute Gasteiger partial charge is 0.272 e. The number of halogens is 3. The molecule has 0 radical (unpaired) electrons. The third-order valence-corrected chi connectivity index (χ3v) is 6.81. The fourth-order valence-corrected chi connectivity index (χ4v) is 4.55. The number of carbonyl (C=O) groups excluding carboxylic acids is 1. The monoisotopic (exact) mass is 509 g/mol. The van der Waals surface area contributed by atoms with Gasteiger partial charge in [0.1, 0.15) is 5.82 Å². The Morgan fingerprint density at radius 2 is 1.60 bits per heavy atom. The van der Waals surface area contributed by atoms with Gasteiger partial charge in [-0.3, -0.25) is 4.79 Å². The topological polar surface area (TPSA) is 61.4 Å². The molecule has 1 saturated heterocycles. The summed E-state index contributed by atoms with van der Waals surface area (Å²) in [6.45, 7) is 3.24. The van der Waals surface area contributed by atoms with Crippen LogP contribution in [0.5, 0.6) is 0 Å². The summed E-state index contributed by atoms with van der Waals surface area (Å²) in [6.07, 6.45) is 0. The van der Waals surface area contributed by atoms with Gasteiger partial charge in [0.25, 0.3) is 5.91 Å². The standard InChI is InChI=1S/C26H22Cl2FN5O/c27-22-9-8-19(15-23(22)28)33-10-12-34(13-11-33)25-21-7-2-1-6-20(21)24(31-32-25)26(35)30-16-17-4-3-5-18(29)14-17/h1-9,14-15H,10-13,16H2,(H,30,35). The number of benzene rings is 3. The maximum atomic E-state index is 13.4. The number of anilines is 2.